The molecular formula is C27H22N4O. The number of amides is 1. The predicted octanol–water partition coefficient (Wildman–Crippen LogP) is 5.46. The van der Waals surface area contributed by atoms with Crippen molar-refractivity contribution in [2.75, 3.05) is 5.32 Å². The van der Waals surface area contributed by atoms with Crippen LogP contribution in [0, 0.1) is 0 Å². The molecule has 156 valence electrons. The Hall–Kier alpha value is -4.25. The second-order valence-corrected chi connectivity index (χ2v) is 7.55. The fraction of sp³-hybridized carbons (Fsp3) is 0.0741. The van der Waals surface area contributed by atoms with E-state index in [1.807, 2.05) is 54.6 Å². The smallest absolute Gasteiger partial charge is 0.274 e. The summed E-state index contributed by atoms with van der Waals surface area (Å²) in [6, 6.07) is 31.8. The van der Waals surface area contributed by atoms with E-state index in [1.54, 1.807) is 24.4 Å². The first-order valence-electron chi connectivity index (χ1n) is 10.6. The van der Waals surface area contributed by atoms with Crippen LogP contribution in [-0.2, 0) is 12.8 Å². The van der Waals surface area contributed by atoms with Crippen LogP contribution in [0.4, 0.5) is 5.69 Å². The van der Waals surface area contributed by atoms with E-state index in [4.69, 9.17) is 4.98 Å². The van der Waals surface area contributed by atoms with Crippen molar-refractivity contribution >= 4 is 22.6 Å². The van der Waals surface area contributed by atoms with Gasteiger partial charge in [-0.25, -0.2) is 4.98 Å². The molecule has 1 amide bonds. The van der Waals surface area contributed by atoms with Crippen molar-refractivity contribution in [3.05, 3.63) is 120 Å². The molecule has 2 aromatic heterocycles. The molecule has 5 aromatic rings. The molecule has 5 rings (SSSR count). The SMILES string of the molecule is O=C(Nc1ccc(CCc2nc3ccccc3n2-c2ccccc2)cc1)c1ccccn1. The molecule has 0 bridgehead atoms. The first-order chi connectivity index (χ1) is 15.8. The number of benzene rings is 3. The van der Waals surface area contributed by atoms with Crippen molar-refractivity contribution in [1.29, 1.82) is 0 Å². The van der Waals surface area contributed by atoms with E-state index < -0.39 is 0 Å². The number of nitrogens with zero attached hydrogens (tertiary/aromatic N) is 3. The standard InChI is InChI=1S/C27H22N4O/c32-27(24-11-6-7-19-28-24)29-21-16-13-20(14-17-21)15-18-26-30-23-10-4-5-12-25(23)31(26)22-8-2-1-3-9-22/h1-14,16-17,19H,15,18H2,(H,29,32). The first-order valence-corrected chi connectivity index (χ1v) is 10.6. The Kier molecular flexibility index (Phi) is 5.45. The molecular weight excluding hydrogens is 396 g/mol. The van der Waals surface area contributed by atoms with E-state index in [0.717, 1.165) is 41.1 Å². The van der Waals surface area contributed by atoms with Gasteiger partial charge in [0.05, 0.1) is 11.0 Å². The normalized spacial score (nSPS) is 10.9. The van der Waals surface area contributed by atoms with Crippen molar-refractivity contribution in [3.63, 3.8) is 0 Å². The monoisotopic (exact) mass is 418 g/mol. The molecule has 1 N–H and O–H groups in total. The Labute approximate surface area is 186 Å². The third-order valence-corrected chi connectivity index (χ3v) is 5.39. The van der Waals surface area contributed by atoms with Gasteiger partial charge in [-0.2, -0.15) is 0 Å². The van der Waals surface area contributed by atoms with Gasteiger partial charge in [-0.15, -0.1) is 0 Å². The van der Waals surface area contributed by atoms with E-state index in [2.05, 4.69) is 39.1 Å². The highest BCUT2D eigenvalue weighted by molar-refractivity contribution is 6.02. The van der Waals surface area contributed by atoms with Crippen molar-refractivity contribution in [2.24, 2.45) is 0 Å². The lowest BCUT2D eigenvalue weighted by molar-refractivity contribution is 0.102. The summed E-state index contributed by atoms with van der Waals surface area (Å²) in [6.07, 6.45) is 3.27. The van der Waals surface area contributed by atoms with Gasteiger partial charge in [-0.1, -0.05) is 48.5 Å². The van der Waals surface area contributed by atoms with Crippen LogP contribution in [-0.4, -0.2) is 20.4 Å². The predicted molar refractivity (Wildman–Crippen MR) is 127 cm³/mol. The molecule has 0 spiro atoms. The molecule has 5 nitrogen and oxygen atoms in total. The number of fused-ring (bicyclic) bond motifs is 1. The summed E-state index contributed by atoms with van der Waals surface area (Å²) in [5, 5.41) is 2.89. The summed E-state index contributed by atoms with van der Waals surface area (Å²) in [4.78, 5) is 21.3. The summed E-state index contributed by atoms with van der Waals surface area (Å²) >= 11 is 0. The van der Waals surface area contributed by atoms with Gasteiger partial charge in [0.1, 0.15) is 11.5 Å². The maximum Gasteiger partial charge on any atom is 0.274 e. The largest absolute Gasteiger partial charge is 0.321 e. The number of carbonyl (C=O) groups excluding carboxylic acids is 1. The topological polar surface area (TPSA) is 59.8 Å². The van der Waals surface area contributed by atoms with Gasteiger partial charge in [0.2, 0.25) is 0 Å². The minimum absolute atomic E-state index is 0.213. The van der Waals surface area contributed by atoms with Crippen LogP contribution in [0.1, 0.15) is 21.9 Å². The molecule has 0 aliphatic heterocycles. The molecule has 2 heterocycles. The second kappa shape index (κ2) is 8.86. The summed E-state index contributed by atoms with van der Waals surface area (Å²) < 4.78 is 2.23. The number of para-hydroxylation sites is 3. The van der Waals surface area contributed by atoms with Crippen molar-refractivity contribution in [3.8, 4) is 5.69 Å². The summed E-state index contributed by atoms with van der Waals surface area (Å²) in [5.41, 5.74) is 5.56. The number of rotatable bonds is 6. The van der Waals surface area contributed by atoms with E-state index in [9.17, 15) is 4.79 Å². The zero-order valence-electron chi connectivity index (χ0n) is 17.5. The van der Waals surface area contributed by atoms with Crippen LogP contribution < -0.4 is 5.32 Å². The number of aryl methyl sites for hydroxylation is 2. The number of aromatic nitrogens is 3. The third-order valence-electron chi connectivity index (χ3n) is 5.39. The number of hydrogen-bond acceptors (Lipinski definition) is 3. The highest BCUT2D eigenvalue weighted by Gasteiger charge is 2.12. The minimum atomic E-state index is -0.213. The van der Waals surface area contributed by atoms with Gasteiger partial charge in [-0.3, -0.25) is 14.3 Å². The highest BCUT2D eigenvalue weighted by Crippen LogP contribution is 2.23. The summed E-state index contributed by atoms with van der Waals surface area (Å²) in [6.45, 7) is 0. The quantitative estimate of drug-likeness (QED) is 0.398. The van der Waals surface area contributed by atoms with E-state index in [1.165, 1.54) is 5.56 Å². The Morgan fingerprint density at radius 2 is 1.53 bits per heavy atom. The van der Waals surface area contributed by atoms with Crippen LogP contribution in [0.3, 0.4) is 0 Å². The van der Waals surface area contributed by atoms with Gasteiger partial charge < -0.3 is 5.32 Å². The van der Waals surface area contributed by atoms with E-state index in [0.29, 0.717) is 5.69 Å². The maximum atomic E-state index is 12.3. The van der Waals surface area contributed by atoms with Gasteiger partial charge in [0.25, 0.3) is 5.91 Å². The maximum absolute atomic E-state index is 12.3. The molecule has 0 atom stereocenters. The average Bonchev–Trinajstić information content (AvgIpc) is 3.23. The minimum Gasteiger partial charge on any atom is -0.321 e. The van der Waals surface area contributed by atoms with Crippen LogP contribution in [0.25, 0.3) is 16.7 Å². The second-order valence-electron chi connectivity index (χ2n) is 7.55. The molecule has 0 fully saturated rings. The number of nitrogens with one attached hydrogen (secondary N) is 1. The Morgan fingerprint density at radius 3 is 2.31 bits per heavy atom. The van der Waals surface area contributed by atoms with Crippen LogP contribution >= 0.6 is 0 Å². The number of imidazole rings is 1. The molecule has 0 unspecified atom stereocenters. The zero-order valence-corrected chi connectivity index (χ0v) is 17.5. The molecule has 0 aliphatic carbocycles. The fourth-order valence-corrected chi connectivity index (χ4v) is 3.81. The van der Waals surface area contributed by atoms with Crippen molar-refractivity contribution in [2.45, 2.75) is 12.8 Å². The molecule has 0 radical (unpaired) electrons. The molecule has 0 saturated heterocycles. The lowest BCUT2D eigenvalue weighted by Crippen LogP contribution is -2.13. The molecule has 0 aliphatic rings. The summed E-state index contributed by atoms with van der Waals surface area (Å²) in [5.74, 6) is 0.819. The van der Waals surface area contributed by atoms with E-state index >= 15 is 0 Å². The van der Waals surface area contributed by atoms with Gasteiger partial charge in [0.15, 0.2) is 0 Å². The van der Waals surface area contributed by atoms with Crippen molar-refractivity contribution in [1.82, 2.24) is 14.5 Å². The van der Waals surface area contributed by atoms with E-state index in [-0.39, 0.29) is 5.91 Å². The average molecular weight is 419 g/mol. The van der Waals surface area contributed by atoms with Gasteiger partial charge in [-0.05, 0) is 60.5 Å². The number of hydrogen-bond donors (Lipinski definition) is 1. The lowest BCUT2D eigenvalue weighted by atomic mass is 10.1. The fourth-order valence-electron chi connectivity index (χ4n) is 3.81. The summed E-state index contributed by atoms with van der Waals surface area (Å²) in [7, 11) is 0. The van der Waals surface area contributed by atoms with Crippen LogP contribution in [0.5, 0.6) is 0 Å². The van der Waals surface area contributed by atoms with Gasteiger partial charge >= 0.3 is 0 Å². The van der Waals surface area contributed by atoms with Gasteiger partial charge in [0, 0.05) is 24.0 Å². The van der Waals surface area contributed by atoms with Crippen LogP contribution in [0.2, 0.25) is 0 Å². The highest BCUT2D eigenvalue weighted by atomic mass is 16.1. The number of anilines is 1. The molecule has 32 heavy (non-hydrogen) atoms. The third kappa shape index (κ3) is 4.14. The van der Waals surface area contributed by atoms with Crippen LogP contribution in [0.15, 0.2) is 103 Å². The lowest BCUT2D eigenvalue weighted by Gasteiger charge is -2.10. The Balaban J connectivity index is 1.32. The Morgan fingerprint density at radius 1 is 0.781 bits per heavy atom. The number of pyridine rings is 1. The van der Waals surface area contributed by atoms with Crippen molar-refractivity contribution < 1.29 is 4.79 Å². The Bertz CT molecular complexity index is 1340. The molecule has 3 aromatic carbocycles. The molecule has 5 heteroatoms. The zero-order chi connectivity index (χ0) is 21.8. The first kappa shape index (κ1) is 19.7. The molecule has 0 saturated carbocycles. The number of carbonyl (C=O) groups is 1.